The molecule has 0 fully saturated rings. The molecule has 1 unspecified atom stereocenters. The minimum Gasteiger partial charge on any atom is -0.598 e. The summed E-state index contributed by atoms with van der Waals surface area (Å²) in [5.74, 6) is 0. The number of fused-ring (bicyclic) bond motifs is 1. The van der Waals surface area contributed by atoms with E-state index in [9.17, 15) is 4.55 Å². The third kappa shape index (κ3) is 2.39. The quantitative estimate of drug-likeness (QED) is 0.803. The van der Waals surface area contributed by atoms with Gasteiger partial charge in [0.2, 0.25) is 0 Å². The summed E-state index contributed by atoms with van der Waals surface area (Å²) in [7, 11) is 0. The Labute approximate surface area is 100.0 Å². The van der Waals surface area contributed by atoms with Crippen molar-refractivity contribution in [3.05, 3.63) is 29.6 Å². The van der Waals surface area contributed by atoms with Crippen LogP contribution in [0.1, 0.15) is 44.5 Å². The Morgan fingerprint density at radius 3 is 2.94 bits per heavy atom. The van der Waals surface area contributed by atoms with Crippen LogP contribution in [0.2, 0.25) is 0 Å². The van der Waals surface area contributed by atoms with Gasteiger partial charge in [0.25, 0.3) is 0 Å². The number of nitrogens with one attached hydrogen (secondary N) is 1. The highest BCUT2D eigenvalue weighted by Gasteiger charge is 2.32. The lowest BCUT2D eigenvalue weighted by Gasteiger charge is -2.26. The van der Waals surface area contributed by atoms with Crippen molar-refractivity contribution in [1.29, 1.82) is 0 Å². The normalized spacial score (nSPS) is 21.9. The van der Waals surface area contributed by atoms with Crippen LogP contribution in [-0.2, 0) is 17.8 Å². The summed E-state index contributed by atoms with van der Waals surface area (Å²) in [5, 5.41) is 0. The van der Waals surface area contributed by atoms with Gasteiger partial charge >= 0.3 is 0 Å². The number of rotatable bonds is 2. The maximum atomic E-state index is 12.0. The molecule has 88 valence electrons. The first kappa shape index (κ1) is 11.9. The lowest BCUT2D eigenvalue weighted by Crippen LogP contribution is -2.40. The highest BCUT2D eigenvalue weighted by Crippen LogP contribution is 2.31. The Morgan fingerprint density at radius 1 is 1.50 bits per heavy atom. The molecule has 1 aliphatic rings. The molecule has 0 saturated carbocycles. The first-order valence-corrected chi connectivity index (χ1v) is 6.75. The summed E-state index contributed by atoms with van der Waals surface area (Å²) in [6.07, 6.45) is 3.80. The van der Waals surface area contributed by atoms with Crippen molar-refractivity contribution in [3.63, 3.8) is 0 Å². The molecule has 0 bridgehead atoms. The molecule has 0 aliphatic heterocycles. The fourth-order valence-corrected chi connectivity index (χ4v) is 2.70. The largest absolute Gasteiger partial charge is 0.598 e. The Morgan fingerprint density at radius 2 is 2.25 bits per heavy atom. The lowest BCUT2D eigenvalue weighted by atomic mass is 10.2. The molecule has 1 aliphatic carbocycles. The van der Waals surface area contributed by atoms with Crippen LogP contribution < -0.4 is 4.72 Å². The molecule has 0 spiro atoms. The lowest BCUT2D eigenvalue weighted by molar-refractivity contribution is 0.522. The number of aryl methyl sites for hydroxylation is 1. The molecule has 4 heteroatoms. The number of aromatic nitrogens is 1. The van der Waals surface area contributed by atoms with Crippen molar-refractivity contribution in [2.45, 2.75) is 44.4 Å². The molecule has 1 N–H and O–H groups in total. The van der Waals surface area contributed by atoms with Crippen molar-refractivity contribution in [1.82, 2.24) is 9.71 Å². The molecule has 0 saturated heterocycles. The van der Waals surface area contributed by atoms with Crippen LogP contribution in [-0.4, -0.2) is 14.3 Å². The molecule has 1 heterocycles. The average molecular weight is 238 g/mol. The van der Waals surface area contributed by atoms with E-state index in [0.29, 0.717) is 0 Å². The Balaban J connectivity index is 2.09. The third-order valence-electron chi connectivity index (χ3n) is 2.78. The van der Waals surface area contributed by atoms with Gasteiger partial charge in [-0.2, -0.15) is 0 Å². The minimum absolute atomic E-state index is 0.198. The zero-order chi connectivity index (χ0) is 11.8. The van der Waals surface area contributed by atoms with Gasteiger partial charge in [0.1, 0.15) is 4.75 Å². The molecule has 0 aromatic carbocycles. The minimum atomic E-state index is -1.01. The van der Waals surface area contributed by atoms with Gasteiger partial charge < -0.3 is 4.55 Å². The summed E-state index contributed by atoms with van der Waals surface area (Å²) in [5.41, 5.74) is 2.35. The number of nitrogens with zero attached hydrogens (tertiary/aromatic N) is 1. The van der Waals surface area contributed by atoms with Crippen molar-refractivity contribution in [2.24, 2.45) is 0 Å². The third-order valence-corrected chi connectivity index (χ3v) is 4.39. The van der Waals surface area contributed by atoms with E-state index >= 15 is 0 Å². The highest BCUT2D eigenvalue weighted by atomic mass is 32.2. The van der Waals surface area contributed by atoms with Crippen LogP contribution in [0.5, 0.6) is 0 Å². The van der Waals surface area contributed by atoms with E-state index in [1.54, 1.807) is 0 Å². The van der Waals surface area contributed by atoms with E-state index < -0.39 is 11.4 Å². The Kier molecular flexibility index (Phi) is 3.24. The number of pyridine rings is 1. The van der Waals surface area contributed by atoms with E-state index in [1.807, 2.05) is 33.0 Å². The maximum Gasteiger partial charge on any atom is 0.136 e. The van der Waals surface area contributed by atoms with Gasteiger partial charge in [-0.3, -0.25) is 4.98 Å². The van der Waals surface area contributed by atoms with Crippen LogP contribution >= 0.6 is 0 Å². The monoisotopic (exact) mass is 238 g/mol. The van der Waals surface area contributed by atoms with Gasteiger partial charge in [-0.15, -0.1) is 4.72 Å². The molecular formula is C12H18N2OS. The van der Waals surface area contributed by atoms with Crippen LogP contribution in [0.3, 0.4) is 0 Å². The summed E-state index contributed by atoms with van der Waals surface area (Å²) < 4.78 is 15.0. The Hall–Kier alpha value is -0.580. The van der Waals surface area contributed by atoms with Crippen LogP contribution in [0.4, 0.5) is 0 Å². The van der Waals surface area contributed by atoms with Gasteiger partial charge in [-0.25, -0.2) is 0 Å². The van der Waals surface area contributed by atoms with E-state index in [4.69, 9.17) is 0 Å². The smallest absolute Gasteiger partial charge is 0.136 e. The van der Waals surface area contributed by atoms with E-state index in [1.165, 1.54) is 5.56 Å². The second-order valence-corrected chi connectivity index (χ2v) is 7.13. The predicted octanol–water partition coefficient (Wildman–Crippen LogP) is 2.12. The molecule has 1 aromatic rings. The second-order valence-electron chi connectivity index (χ2n) is 5.13. The molecule has 0 amide bonds. The Bertz CT molecular complexity index is 376. The zero-order valence-corrected chi connectivity index (χ0v) is 10.8. The molecule has 16 heavy (non-hydrogen) atoms. The summed E-state index contributed by atoms with van der Waals surface area (Å²) in [6, 6.07) is 4.22. The first-order chi connectivity index (χ1) is 7.48. The SMILES string of the molecule is CC(C)(C)[S+]([O-])N[C@H]1CCc2ncccc21. The van der Waals surface area contributed by atoms with Gasteiger partial charge in [0, 0.05) is 23.3 Å². The van der Waals surface area contributed by atoms with Crippen LogP contribution in [0, 0.1) is 0 Å². The van der Waals surface area contributed by atoms with Crippen LogP contribution in [0.25, 0.3) is 0 Å². The fraction of sp³-hybridized carbons (Fsp3) is 0.583. The standard InChI is InChI=1S/C12H18N2OS/c1-12(2,3)16(15)14-11-7-6-10-9(11)5-4-8-13-10/h4-5,8,11,14H,6-7H2,1-3H3/t11-,16?/m0/s1. The molecule has 2 atom stereocenters. The van der Waals surface area contributed by atoms with Crippen LogP contribution in [0.15, 0.2) is 18.3 Å². The summed E-state index contributed by atoms with van der Waals surface area (Å²) >= 11 is -1.01. The number of hydrogen-bond donors (Lipinski definition) is 1. The first-order valence-electron chi connectivity index (χ1n) is 5.60. The van der Waals surface area contributed by atoms with Crippen molar-refractivity contribution >= 4 is 11.4 Å². The highest BCUT2D eigenvalue weighted by molar-refractivity contribution is 7.90. The van der Waals surface area contributed by atoms with Crippen molar-refractivity contribution < 1.29 is 4.55 Å². The predicted molar refractivity (Wildman–Crippen MR) is 66.3 cm³/mol. The van der Waals surface area contributed by atoms with Crippen molar-refractivity contribution in [2.75, 3.05) is 0 Å². The molecular weight excluding hydrogens is 220 g/mol. The average Bonchev–Trinajstić information content (AvgIpc) is 2.61. The maximum absolute atomic E-state index is 12.0. The van der Waals surface area contributed by atoms with Gasteiger partial charge in [0.05, 0.1) is 6.04 Å². The van der Waals surface area contributed by atoms with Gasteiger partial charge in [-0.05, 0) is 45.2 Å². The van der Waals surface area contributed by atoms with E-state index in [-0.39, 0.29) is 10.8 Å². The van der Waals surface area contributed by atoms with E-state index in [2.05, 4.69) is 15.8 Å². The molecule has 3 nitrogen and oxygen atoms in total. The summed E-state index contributed by atoms with van der Waals surface area (Å²) in [6.45, 7) is 5.94. The zero-order valence-electron chi connectivity index (χ0n) is 9.99. The molecule has 0 radical (unpaired) electrons. The second kappa shape index (κ2) is 4.35. The van der Waals surface area contributed by atoms with Gasteiger partial charge in [0.15, 0.2) is 0 Å². The topological polar surface area (TPSA) is 48.0 Å². The number of hydrogen-bond acceptors (Lipinski definition) is 3. The van der Waals surface area contributed by atoms with Crippen molar-refractivity contribution in [3.8, 4) is 0 Å². The summed E-state index contributed by atoms with van der Waals surface area (Å²) in [4.78, 5) is 4.34. The fourth-order valence-electron chi connectivity index (χ4n) is 1.84. The van der Waals surface area contributed by atoms with E-state index in [0.717, 1.165) is 18.5 Å². The molecule has 2 rings (SSSR count). The molecule has 1 aromatic heterocycles. The van der Waals surface area contributed by atoms with Gasteiger partial charge in [-0.1, -0.05) is 6.07 Å².